The topological polar surface area (TPSA) is 77.5 Å². The first kappa shape index (κ1) is 23.6. The molecule has 0 aromatic carbocycles. The summed E-state index contributed by atoms with van der Waals surface area (Å²) in [6.45, 7) is 18.1. The van der Waals surface area contributed by atoms with Crippen LogP contribution in [0.1, 0.15) is 26.7 Å². The molecule has 0 aliphatic carbocycles. The van der Waals surface area contributed by atoms with Gasteiger partial charge in [-0.15, -0.1) is 0 Å². The van der Waals surface area contributed by atoms with E-state index in [1.165, 1.54) is 0 Å². The molecule has 7 heteroatoms. The Hall–Kier alpha value is -1.45. The van der Waals surface area contributed by atoms with Crippen molar-refractivity contribution in [3.05, 3.63) is 24.3 Å². The van der Waals surface area contributed by atoms with E-state index in [4.69, 9.17) is 4.12 Å². The Balaban J connectivity index is 5.76. The second kappa shape index (κ2) is 9.31. The molecule has 0 aliphatic heterocycles. The molecule has 0 saturated carbocycles. The largest absolute Gasteiger partial charge is 0.454 e. The van der Waals surface area contributed by atoms with E-state index in [2.05, 4.69) is 13.2 Å². The van der Waals surface area contributed by atoms with Crippen LogP contribution < -0.4 is 0 Å². The molecule has 0 rings (SSSR count). The van der Waals surface area contributed by atoms with E-state index < -0.39 is 27.7 Å². The molecule has 2 unspecified atom stereocenters. The van der Waals surface area contributed by atoms with Gasteiger partial charge in [0.1, 0.15) is 12.6 Å². The van der Waals surface area contributed by atoms with Crippen LogP contribution >= 0.6 is 0 Å². The van der Waals surface area contributed by atoms with Crippen LogP contribution in [0, 0.1) is 0 Å². The lowest BCUT2D eigenvalue weighted by atomic mass is 10.1. The highest BCUT2D eigenvalue weighted by Crippen LogP contribution is 2.37. The molecule has 0 bridgehead atoms. The highest BCUT2D eigenvalue weighted by atomic mass is 28.4. The van der Waals surface area contributed by atoms with Crippen molar-refractivity contribution in [1.82, 2.24) is 0 Å². The number of carbonyl (C=O) groups is 4. The Morgan fingerprint density at radius 2 is 1.12 bits per heavy atom. The molecule has 25 heavy (non-hydrogen) atoms. The van der Waals surface area contributed by atoms with Gasteiger partial charge in [0.15, 0.2) is 28.2 Å². The molecule has 0 radical (unpaired) electrons. The summed E-state index contributed by atoms with van der Waals surface area (Å²) in [6, 6.07) is 0. The molecule has 0 saturated heterocycles. The normalized spacial score (nSPS) is 14.3. The number of ketones is 2. The summed E-state index contributed by atoms with van der Waals surface area (Å²) in [4.78, 5) is 47.1. The van der Waals surface area contributed by atoms with Gasteiger partial charge in [0, 0.05) is 23.9 Å². The number of hydrogen-bond acceptors (Lipinski definition) is 5. The molecule has 5 nitrogen and oxygen atoms in total. The lowest BCUT2D eigenvalue weighted by Crippen LogP contribution is -2.53. The third-order valence-electron chi connectivity index (χ3n) is 4.34. The maximum Gasteiger partial charge on any atom is 0.184 e. The van der Waals surface area contributed by atoms with Gasteiger partial charge in [-0.2, -0.15) is 0 Å². The minimum atomic E-state index is -2.67. The standard InChI is InChI=1S/C18H30O5Si2/c1-13(2)17(21)15(9-11-19)24(5,6)23-25(7,8)16(10-12-20)18(22)14(3)4/h11-12,15-16H,1,3,9-10H2,2,4-8H3. The van der Waals surface area contributed by atoms with Crippen LogP contribution in [-0.2, 0) is 23.3 Å². The van der Waals surface area contributed by atoms with Crippen molar-refractivity contribution < 1.29 is 23.3 Å². The lowest BCUT2D eigenvalue weighted by molar-refractivity contribution is -0.118. The second-order valence-electron chi connectivity index (χ2n) is 7.51. The van der Waals surface area contributed by atoms with Crippen molar-refractivity contribution in [2.75, 3.05) is 0 Å². The molecule has 0 N–H and O–H groups in total. The van der Waals surface area contributed by atoms with E-state index in [1.54, 1.807) is 13.8 Å². The third-order valence-corrected chi connectivity index (χ3v) is 12.9. The fourth-order valence-electron chi connectivity index (χ4n) is 3.02. The van der Waals surface area contributed by atoms with Gasteiger partial charge >= 0.3 is 0 Å². The molecule has 0 fully saturated rings. The van der Waals surface area contributed by atoms with E-state index in [9.17, 15) is 19.2 Å². The van der Waals surface area contributed by atoms with Crippen molar-refractivity contribution in [3.63, 3.8) is 0 Å². The summed E-state index contributed by atoms with van der Waals surface area (Å²) in [5.74, 6) is -0.349. The van der Waals surface area contributed by atoms with E-state index in [1.807, 2.05) is 26.2 Å². The molecule has 2 atom stereocenters. The van der Waals surface area contributed by atoms with Crippen LogP contribution in [-0.4, -0.2) is 40.8 Å². The average Bonchev–Trinajstić information content (AvgIpc) is 2.47. The maximum absolute atomic E-state index is 12.5. The molecule has 0 aliphatic rings. The van der Waals surface area contributed by atoms with Gasteiger partial charge in [-0.25, -0.2) is 0 Å². The first-order chi connectivity index (χ1) is 11.3. The highest BCUT2D eigenvalue weighted by molar-refractivity contribution is 6.89. The monoisotopic (exact) mass is 382 g/mol. The fourth-order valence-corrected chi connectivity index (χ4v) is 12.7. The van der Waals surface area contributed by atoms with Gasteiger partial charge in [0.25, 0.3) is 0 Å². The predicted octanol–water partition coefficient (Wildman–Crippen LogP) is 3.62. The molecule has 140 valence electrons. The van der Waals surface area contributed by atoms with E-state index >= 15 is 0 Å². The molecule has 0 amide bonds. The van der Waals surface area contributed by atoms with Gasteiger partial charge in [-0.1, -0.05) is 13.2 Å². The molecular formula is C18H30O5Si2. The first-order valence-corrected chi connectivity index (χ1v) is 14.3. The fraction of sp³-hybridized carbons (Fsp3) is 0.556. The maximum atomic E-state index is 12.5. The predicted molar refractivity (Wildman–Crippen MR) is 105 cm³/mol. The van der Waals surface area contributed by atoms with Crippen LogP contribution in [0.15, 0.2) is 24.3 Å². The van der Waals surface area contributed by atoms with Crippen molar-refractivity contribution in [1.29, 1.82) is 0 Å². The van der Waals surface area contributed by atoms with Crippen molar-refractivity contribution in [2.24, 2.45) is 0 Å². The van der Waals surface area contributed by atoms with E-state index in [0.29, 0.717) is 11.1 Å². The third kappa shape index (κ3) is 6.41. The van der Waals surface area contributed by atoms with Gasteiger partial charge < -0.3 is 13.7 Å². The quantitative estimate of drug-likeness (QED) is 0.293. The van der Waals surface area contributed by atoms with Crippen LogP contribution in [0.5, 0.6) is 0 Å². The van der Waals surface area contributed by atoms with Gasteiger partial charge in [0.05, 0.1) is 0 Å². The summed E-state index contributed by atoms with van der Waals surface area (Å²) < 4.78 is 6.43. The first-order valence-electron chi connectivity index (χ1n) is 8.28. The van der Waals surface area contributed by atoms with Crippen LogP contribution in [0.2, 0.25) is 37.3 Å². The number of allylic oxidation sites excluding steroid dienone is 2. The Morgan fingerprint density at radius 1 is 0.840 bits per heavy atom. The SMILES string of the molecule is C=C(C)C(=O)C(CC=O)[Si](C)(C)O[Si](C)(C)C(CC=O)C(=O)C(=C)C. The van der Waals surface area contributed by atoms with Crippen molar-refractivity contribution in [3.8, 4) is 0 Å². The summed E-state index contributed by atoms with van der Waals surface area (Å²) in [5.41, 5.74) is -0.326. The highest BCUT2D eigenvalue weighted by Gasteiger charge is 2.47. The summed E-state index contributed by atoms with van der Waals surface area (Å²) >= 11 is 0. The Bertz CT molecular complexity index is 528. The van der Waals surface area contributed by atoms with Crippen LogP contribution in [0.3, 0.4) is 0 Å². The number of Topliss-reactive ketones (excluding diaryl/α,β-unsaturated/α-hetero) is 2. The molecule has 0 aromatic rings. The van der Waals surface area contributed by atoms with Gasteiger partial charge in [-0.05, 0) is 51.2 Å². The van der Waals surface area contributed by atoms with Gasteiger partial charge in [-0.3, -0.25) is 9.59 Å². The smallest absolute Gasteiger partial charge is 0.184 e. The zero-order valence-corrected chi connectivity index (χ0v) is 18.2. The number of aldehydes is 2. The summed E-state index contributed by atoms with van der Waals surface area (Å²) in [5, 5.41) is 0. The van der Waals surface area contributed by atoms with Crippen LogP contribution in [0.25, 0.3) is 0 Å². The second-order valence-corrected chi connectivity index (χ2v) is 16.1. The Labute approximate surface area is 152 Å². The minimum absolute atomic E-state index is 0.0716. The Morgan fingerprint density at radius 3 is 1.32 bits per heavy atom. The lowest BCUT2D eigenvalue weighted by Gasteiger charge is -2.41. The van der Waals surface area contributed by atoms with Crippen molar-refractivity contribution in [2.45, 2.75) is 64.0 Å². The van der Waals surface area contributed by atoms with E-state index in [0.717, 1.165) is 12.6 Å². The van der Waals surface area contributed by atoms with Gasteiger partial charge in [0.2, 0.25) is 0 Å². The van der Waals surface area contributed by atoms with E-state index in [-0.39, 0.29) is 24.4 Å². The number of carbonyl (C=O) groups excluding carboxylic acids is 4. The molecule has 0 heterocycles. The zero-order valence-electron chi connectivity index (χ0n) is 16.2. The van der Waals surface area contributed by atoms with Crippen molar-refractivity contribution >= 4 is 40.8 Å². The summed E-state index contributed by atoms with van der Waals surface area (Å²) in [7, 11) is -5.33. The zero-order chi connectivity index (χ0) is 20.0. The average molecular weight is 383 g/mol. The summed E-state index contributed by atoms with van der Waals surface area (Å²) in [6.07, 6.45) is 1.59. The van der Waals surface area contributed by atoms with Crippen LogP contribution in [0.4, 0.5) is 0 Å². The Kier molecular flexibility index (Phi) is 8.77. The number of hydrogen-bond donors (Lipinski definition) is 0. The molecule has 0 spiro atoms. The number of rotatable bonds is 12. The molecular weight excluding hydrogens is 352 g/mol. The molecule has 0 aromatic heterocycles. The minimum Gasteiger partial charge on any atom is -0.454 e.